The molecular formula is C22H26FN5O3. The number of hydrogen-bond donors (Lipinski definition) is 2. The van der Waals surface area contributed by atoms with Gasteiger partial charge in [0.2, 0.25) is 0 Å². The van der Waals surface area contributed by atoms with Crippen molar-refractivity contribution >= 4 is 11.9 Å². The van der Waals surface area contributed by atoms with Gasteiger partial charge in [-0.3, -0.25) is 9.59 Å². The van der Waals surface area contributed by atoms with Crippen molar-refractivity contribution in [2.45, 2.75) is 51.2 Å². The number of aryl methyl sites for hydroxylation is 1. The summed E-state index contributed by atoms with van der Waals surface area (Å²) in [5.74, 6) is -0.216. The van der Waals surface area contributed by atoms with E-state index in [0.717, 1.165) is 18.4 Å². The van der Waals surface area contributed by atoms with Crippen LogP contribution in [0.2, 0.25) is 0 Å². The lowest BCUT2D eigenvalue weighted by Crippen LogP contribution is -2.43. The van der Waals surface area contributed by atoms with Gasteiger partial charge in [-0.05, 0) is 44.4 Å². The zero-order valence-corrected chi connectivity index (χ0v) is 17.7. The number of likely N-dealkylation sites (tertiary alicyclic amines) is 1. The number of amides is 3. The van der Waals surface area contributed by atoms with Crippen molar-refractivity contribution in [1.29, 1.82) is 0 Å². The van der Waals surface area contributed by atoms with Crippen LogP contribution in [0.1, 0.15) is 48.4 Å². The third-order valence-corrected chi connectivity index (χ3v) is 5.96. The lowest BCUT2D eigenvalue weighted by Gasteiger charge is -2.24. The molecule has 31 heavy (non-hydrogen) atoms. The first-order valence-corrected chi connectivity index (χ1v) is 10.5. The maximum absolute atomic E-state index is 13.0. The fourth-order valence-corrected chi connectivity index (χ4v) is 4.34. The molecule has 1 atom stereocenters. The van der Waals surface area contributed by atoms with Crippen molar-refractivity contribution in [3.8, 4) is 0 Å². The van der Waals surface area contributed by atoms with Gasteiger partial charge in [-0.15, -0.1) is 0 Å². The Morgan fingerprint density at radius 2 is 1.90 bits per heavy atom. The van der Waals surface area contributed by atoms with Gasteiger partial charge in [-0.2, -0.15) is 4.98 Å². The van der Waals surface area contributed by atoms with Gasteiger partial charge in [0.25, 0.3) is 11.5 Å². The molecule has 0 bridgehead atoms. The van der Waals surface area contributed by atoms with Crippen LogP contribution in [0, 0.1) is 5.82 Å². The van der Waals surface area contributed by atoms with Crippen molar-refractivity contribution in [2.75, 3.05) is 13.1 Å². The van der Waals surface area contributed by atoms with E-state index in [4.69, 9.17) is 0 Å². The van der Waals surface area contributed by atoms with E-state index in [9.17, 15) is 18.8 Å². The third-order valence-electron chi connectivity index (χ3n) is 5.96. The number of benzene rings is 1. The summed E-state index contributed by atoms with van der Waals surface area (Å²) in [6, 6.07) is 5.74. The smallest absolute Gasteiger partial charge is 0.317 e. The van der Waals surface area contributed by atoms with Crippen LogP contribution in [-0.4, -0.2) is 45.5 Å². The Balaban J connectivity index is 1.49. The van der Waals surface area contributed by atoms with Crippen LogP contribution in [-0.2, 0) is 18.5 Å². The number of fused-ring (bicyclic) bond motifs is 2. The average molecular weight is 427 g/mol. The van der Waals surface area contributed by atoms with Gasteiger partial charge in [0.05, 0.1) is 0 Å². The van der Waals surface area contributed by atoms with E-state index < -0.39 is 11.5 Å². The molecular weight excluding hydrogens is 401 g/mol. The quantitative estimate of drug-likeness (QED) is 0.777. The number of urea groups is 1. The third kappa shape index (κ3) is 4.17. The summed E-state index contributed by atoms with van der Waals surface area (Å²) in [7, 11) is 0. The second kappa shape index (κ2) is 8.13. The second-order valence-corrected chi connectivity index (χ2v) is 8.59. The highest BCUT2D eigenvalue weighted by atomic mass is 19.1. The topological polar surface area (TPSA) is 96.3 Å². The molecule has 1 aromatic heterocycles. The molecule has 1 spiro atoms. The van der Waals surface area contributed by atoms with Crippen LogP contribution in [0.3, 0.4) is 0 Å². The molecule has 3 amide bonds. The number of rotatable bonds is 4. The van der Waals surface area contributed by atoms with E-state index >= 15 is 0 Å². The number of nitrogens with zero attached hydrogens (tertiary/aromatic N) is 3. The SMILES string of the molecule is CC(C)NC(=O)N1CCC2(CCn3cc(C(=O)NCc4ccc(F)cc4)c(=O)nc32)C1. The summed E-state index contributed by atoms with van der Waals surface area (Å²) >= 11 is 0. The van der Waals surface area contributed by atoms with Gasteiger partial charge in [-0.1, -0.05) is 12.1 Å². The lowest BCUT2D eigenvalue weighted by atomic mass is 9.85. The van der Waals surface area contributed by atoms with Crippen molar-refractivity contribution in [2.24, 2.45) is 0 Å². The molecule has 164 valence electrons. The summed E-state index contributed by atoms with van der Waals surface area (Å²) in [6.45, 7) is 5.77. The van der Waals surface area contributed by atoms with Crippen LogP contribution in [0.5, 0.6) is 0 Å². The van der Waals surface area contributed by atoms with E-state index in [1.807, 2.05) is 18.4 Å². The predicted molar refractivity (Wildman–Crippen MR) is 112 cm³/mol. The molecule has 1 saturated heterocycles. The Hall–Kier alpha value is -3.23. The van der Waals surface area contributed by atoms with E-state index in [1.165, 1.54) is 12.1 Å². The molecule has 4 rings (SSSR count). The van der Waals surface area contributed by atoms with Crippen LogP contribution in [0.15, 0.2) is 35.3 Å². The van der Waals surface area contributed by atoms with E-state index in [1.54, 1.807) is 23.2 Å². The van der Waals surface area contributed by atoms with E-state index in [-0.39, 0.29) is 35.4 Å². The lowest BCUT2D eigenvalue weighted by molar-refractivity contribution is 0.0948. The fourth-order valence-electron chi connectivity index (χ4n) is 4.34. The fraction of sp³-hybridized carbons (Fsp3) is 0.455. The number of nitrogens with one attached hydrogen (secondary N) is 2. The van der Waals surface area contributed by atoms with Crippen LogP contribution in [0.25, 0.3) is 0 Å². The largest absolute Gasteiger partial charge is 0.348 e. The number of aromatic nitrogens is 2. The summed E-state index contributed by atoms with van der Waals surface area (Å²) in [5, 5.41) is 5.60. The van der Waals surface area contributed by atoms with Gasteiger partial charge in [0.15, 0.2) is 0 Å². The van der Waals surface area contributed by atoms with Crippen molar-refractivity contribution < 1.29 is 14.0 Å². The highest BCUT2D eigenvalue weighted by Gasteiger charge is 2.47. The molecule has 1 aromatic carbocycles. The maximum Gasteiger partial charge on any atom is 0.317 e. The van der Waals surface area contributed by atoms with Gasteiger partial charge < -0.3 is 20.1 Å². The molecule has 8 nitrogen and oxygen atoms in total. The average Bonchev–Trinajstić information content (AvgIpc) is 3.31. The molecule has 1 unspecified atom stereocenters. The number of halogens is 1. The normalized spacial score (nSPS) is 19.7. The molecule has 9 heteroatoms. The van der Waals surface area contributed by atoms with Gasteiger partial charge >= 0.3 is 6.03 Å². The number of hydrogen-bond acceptors (Lipinski definition) is 4. The standard InChI is InChI=1S/C22H26FN5O3/c1-14(2)25-21(31)28-10-8-22(13-28)7-9-27-12-17(19(30)26-20(22)27)18(29)24-11-15-3-5-16(23)6-4-15/h3-6,12,14H,7-11,13H2,1-2H3,(H,24,29)(H,25,31). The minimum atomic E-state index is -0.575. The molecule has 0 saturated carbocycles. The molecule has 1 fully saturated rings. The Labute approximate surface area is 179 Å². The molecule has 2 aliphatic rings. The number of carbonyl (C=O) groups is 2. The first kappa shape index (κ1) is 21.0. The Morgan fingerprint density at radius 1 is 1.19 bits per heavy atom. The zero-order valence-electron chi connectivity index (χ0n) is 17.7. The highest BCUT2D eigenvalue weighted by Crippen LogP contribution is 2.41. The minimum absolute atomic E-state index is 0.0182. The minimum Gasteiger partial charge on any atom is -0.348 e. The zero-order chi connectivity index (χ0) is 22.2. The molecule has 2 N–H and O–H groups in total. The second-order valence-electron chi connectivity index (χ2n) is 8.59. The van der Waals surface area contributed by atoms with E-state index in [2.05, 4.69) is 15.6 Å². The van der Waals surface area contributed by atoms with E-state index in [0.29, 0.717) is 25.5 Å². The van der Waals surface area contributed by atoms with Crippen LogP contribution < -0.4 is 16.2 Å². The van der Waals surface area contributed by atoms with Gasteiger partial charge in [0.1, 0.15) is 17.2 Å². The molecule has 2 aliphatic heterocycles. The van der Waals surface area contributed by atoms with Crippen LogP contribution in [0.4, 0.5) is 9.18 Å². The summed E-state index contributed by atoms with van der Waals surface area (Å²) in [4.78, 5) is 43.6. The van der Waals surface area contributed by atoms with Crippen molar-refractivity contribution in [3.05, 3.63) is 63.6 Å². The number of carbonyl (C=O) groups excluding carboxylic acids is 2. The highest BCUT2D eigenvalue weighted by molar-refractivity contribution is 5.93. The van der Waals surface area contributed by atoms with Crippen LogP contribution >= 0.6 is 0 Å². The summed E-state index contributed by atoms with van der Waals surface area (Å²) in [5.41, 5.74) is -0.213. The Kier molecular flexibility index (Phi) is 5.51. The Bertz CT molecular complexity index is 1070. The summed E-state index contributed by atoms with van der Waals surface area (Å²) < 4.78 is 14.9. The molecule has 3 heterocycles. The van der Waals surface area contributed by atoms with Gasteiger partial charge in [0, 0.05) is 43.8 Å². The first-order valence-electron chi connectivity index (χ1n) is 10.5. The maximum atomic E-state index is 13.0. The van der Waals surface area contributed by atoms with Gasteiger partial charge in [-0.25, -0.2) is 9.18 Å². The Morgan fingerprint density at radius 3 is 2.61 bits per heavy atom. The van der Waals surface area contributed by atoms with Crippen molar-refractivity contribution in [3.63, 3.8) is 0 Å². The monoisotopic (exact) mass is 427 g/mol. The summed E-state index contributed by atoms with van der Waals surface area (Å²) in [6.07, 6.45) is 3.07. The molecule has 0 radical (unpaired) electrons. The molecule has 0 aliphatic carbocycles. The molecule has 2 aromatic rings. The van der Waals surface area contributed by atoms with Crippen molar-refractivity contribution in [1.82, 2.24) is 25.1 Å². The first-order chi connectivity index (χ1) is 14.8. The predicted octanol–water partition coefficient (Wildman–Crippen LogP) is 1.78.